The smallest absolute Gasteiger partial charge is 0.255 e. The summed E-state index contributed by atoms with van der Waals surface area (Å²) in [6.07, 6.45) is 1.29. The lowest BCUT2D eigenvalue weighted by molar-refractivity contribution is 0.603. The molecule has 1 heterocycles. The fourth-order valence-electron chi connectivity index (χ4n) is 0.724. The van der Waals surface area contributed by atoms with Crippen molar-refractivity contribution >= 4 is 16.0 Å². The van der Waals surface area contributed by atoms with Gasteiger partial charge in [-0.25, -0.2) is 13.1 Å². The number of anilines is 1. The number of H-pyrrole nitrogens is 1. The molecule has 0 fully saturated rings. The number of rotatable bonds is 4. The molecule has 0 atom stereocenters. The van der Waals surface area contributed by atoms with Crippen molar-refractivity contribution in [2.75, 3.05) is 10.5 Å². The molecule has 72 valence electrons. The lowest BCUT2D eigenvalue weighted by Gasteiger charge is -1.99. The van der Waals surface area contributed by atoms with Crippen LogP contribution in [-0.4, -0.2) is 29.4 Å². The van der Waals surface area contributed by atoms with Gasteiger partial charge in [-0.15, -0.1) is 11.7 Å². The molecule has 0 bridgehead atoms. The Kier molecular flexibility index (Phi) is 2.66. The third-order valence-corrected chi connectivity index (χ3v) is 2.35. The topological polar surface area (TPSA) is 87.7 Å². The van der Waals surface area contributed by atoms with Crippen molar-refractivity contribution < 1.29 is 8.42 Å². The van der Waals surface area contributed by atoms with Crippen LogP contribution in [0.15, 0.2) is 12.7 Å². The highest BCUT2D eigenvalue weighted by atomic mass is 32.2. The van der Waals surface area contributed by atoms with Gasteiger partial charge < -0.3 is 0 Å². The van der Waals surface area contributed by atoms with E-state index in [9.17, 15) is 8.42 Å². The minimum Gasteiger partial charge on any atom is -0.261 e. The van der Waals surface area contributed by atoms with Crippen molar-refractivity contribution in [2.45, 2.75) is 6.92 Å². The lowest BCUT2D eigenvalue weighted by atomic mass is 10.8. The third kappa shape index (κ3) is 2.86. The molecule has 0 aromatic carbocycles. The predicted octanol–water partition coefficient (Wildman–Crippen LogP) is 0.0408. The van der Waals surface area contributed by atoms with Crippen LogP contribution >= 0.6 is 0 Å². The molecule has 1 rings (SSSR count). The molecule has 0 aliphatic rings. The summed E-state index contributed by atoms with van der Waals surface area (Å²) in [6.45, 7) is 5.00. The van der Waals surface area contributed by atoms with E-state index in [1.54, 1.807) is 6.92 Å². The van der Waals surface area contributed by atoms with Gasteiger partial charge in [-0.2, -0.15) is 4.98 Å². The second kappa shape index (κ2) is 3.56. The van der Waals surface area contributed by atoms with Gasteiger partial charge in [0.05, 0.1) is 5.75 Å². The number of sulfonamides is 1. The molecular formula is C6H10N4O2S. The molecule has 13 heavy (non-hydrogen) atoms. The number of nitrogens with one attached hydrogen (secondary N) is 2. The monoisotopic (exact) mass is 202 g/mol. The molecule has 7 heteroatoms. The molecule has 0 amide bonds. The Morgan fingerprint density at radius 1 is 1.69 bits per heavy atom. The van der Waals surface area contributed by atoms with Crippen LogP contribution in [0.5, 0.6) is 0 Å². The first-order valence-corrected chi connectivity index (χ1v) is 5.19. The van der Waals surface area contributed by atoms with E-state index in [0.29, 0.717) is 5.82 Å². The van der Waals surface area contributed by atoms with E-state index in [-0.39, 0.29) is 11.7 Å². The van der Waals surface area contributed by atoms with Crippen LogP contribution in [0.2, 0.25) is 0 Å². The van der Waals surface area contributed by atoms with Gasteiger partial charge in [0.2, 0.25) is 10.0 Å². The molecule has 0 unspecified atom stereocenters. The van der Waals surface area contributed by atoms with E-state index in [4.69, 9.17) is 0 Å². The Morgan fingerprint density at radius 3 is 2.85 bits per heavy atom. The quantitative estimate of drug-likeness (QED) is 0.675. The number of aryl methyl sites for hydroxylation is 1. The fourth-order valence-corrected chi connectivity index (χ4v) is 1.49. The highest BCUT2D eigenvalue weighted by Gasteiger charge is 2.10. The Labute approximate surface area is 76.1 Å². The summed E-state index contributed by atoms with van der Waals surface area (Å²) in [5, 5.41) is 6.14. The summed E-state index contributed by atoms with van der Waals surface area (Å²) in [4.78, 5) is 3.79. The molecule has 0 aliphatic carbocycles. The fraction of sp³-hybridized carbons (Fsp3) is 0.333. The van der Waals surface area contributed by atoms with E-state index in [2.05, 4.69) is 26.5 Å². The summed E-state index contributed by atoms with van der Waals surface area (Å²) >= 11 is 0. The first-order chi connectivity index (χ1) is 6.03. The Bertz CT molecular complexity index is 395. The molecule has 2 N–H and O–H groups in total. The Hall–Kier alpha value is -1.37. The summed E-state index contributed by atoms with van der Waals surface area (Å²) < 4.78 is 24.5. The second-order valence-corrected chi connectivity index (χ2v) is 4.18. The summed E-state index contributed by atoms with van der Waals surface area (Å²) in [5.74, 6) is 0.455. The molecule has 0 radical (unpaired) electrons. The Morgan fingerprint density at radius 2 is 2.38 bits per heavy atom. The van der Waals surface area contributed by atoms with Crippen LogP contribution in [0, 0.1) is 6.92 Å². The zero-order valence-electron chi connectivity index (χ0n) is 7.11. The zero-order chi connectivity index (χ0) is 9.90. The van der Waals surface area contributed by atoms with Gasteiger partial charge in [0, 0.05) is 0 Å². The van der Waals surface area contributed by atoms with Crippen LogP contribution in [-0.2, 0) is 10.0 Å². The maximum Gasteiger partial charge on any atom is 0.255 e. The van der Waals surface area contributed by atoms with Crippen molar-refractivity contribution in [2.24, 2.45) is 0 Å². The molecule has 6 nitrogen and oxygen atoms in total. The highest BCUT2D eigenvalue weighted by molar-refractivity contribution is 7.92. The largest absolute Gasteiger partial charge is 0.261 e. The minimum atomic E-state index is -3.38. The van der Waals surface area contributed by atoms with Crippen LogP contribution in [0.4, 0.5) is 5.95 Å². The number of hydrogen-bond donors (Lipinski definition) is 2. The van der Waals surface area contributed by atoms with Crippen molar-refractivity contribution in [3.05, 3.63) is 18.5 Å². The molecule has 0 spiro atoms. The summed E-state index contributed by atoms with van der Waals surface area (Å²) in [5.41, 5.74) is 0. The van der Waals surface area contributed by atoms with Gasteiger partial charge in [0.25, 0.3) is 5.95 Å². The molecule has 0 saturated heterocycles. The summed E-state index contributed by atoms with van der Waals surface area (Å²) in [6, 6.07) is 0. The van der Waals surface area contributed by atoms with E-state index >= 15 is 0 Å². The van der Waals surface area contributed by atoms with E-state index < -0.39 is 10.0 Å². The van der Waals surface area contributed by atoms with Gasteiger partial charge in [-0.3, -0.25) is 5.10 Å². The Balaban J connectivity index is 2.74. The van der Waals surface area contributed by atoms with Gasteiger partial charge in [-0.1, -0.05) is 6.08 Å². The first kappa shape index (κ1) is 9.72. The van der Waals surface area contributed by atoms with E-state index in [1.165, 1.54) is 6.08 Å². The van der Waals surface area contributed by atoms with E-state index in [0.717, 1.165) is 0 Å². The minimum absolute atomic E-state index is 0.0550. The van der Waals surface area contributed by atoms with Crippen LogP contribution < -0.4 is 4.72 Å². The van der Waals surface area contributed by atoms with Crippen LogP contribution in [0.25, 0.3) is 0 Å². The average molecular weight is 202 g/mol. The van der Waals surface area contributed by atoms with Gasteiger partial charge in [0.15, 0.2) is 0 Å². The summed E-state index contributed by atoms with van der Waals surface area (Å²) in [7, 11) is -3.38. The second-order valence-electron chi connectivity index (χ2n) is 2.42. The van der Waals surface area contributed by atoms with Crippen molar-refractivity contribution in [3.8, 4) is 0 Å². The van der Waals surface area contributed by atoms with Crippen LogP contribution in [0.3, 0.4) is 0 Å². The van der Waals surface area contributed by atoms with Gasteiger partial charge >= 0.3 is 0 Å². The third-order valence-electron chi connectivity index (χ3n) is 1.18. The van der Waals surface area contributed by atoms with Gasteiger partial charge in [-0.05, 0) is 6.92 Å². The zero-order valence-corrected chi connectivity index (χ0v) is 7.93. The average Bonchev–Trinajstić information content (AvgIpc) is 2.34. The van der Waals surface area contributed by atoms with Crippen LogP contribution in [0.1, 0.15) is 5.82 Å². The van der Waals surface area contributed by atoms with Crippen molar-refractivity contribution in [3.63, 3.8) is 0 Å². The number of aromatic nitrogens is 3. The van der Waals surface area contributed by atoms with E-state index in [1.807, 2.05) is 0 Å². The molecule has 0 saturated carbocycles. The maximum atomic E-state index is 11.1. The molecule has 0 aliphatic heterocycles. The molecule has 1 aromatic heterocycles. The highest BCUT2D eigenvalue weighted by Crippen LogP contribution is 2.00. The van der Waals surface area contributed by atoms with Gasteiger partial charge in [0.1, 0.15) is 5.82 Å². The maximum absolute atomic E-state index is 11.1. The number of aromatic amines is 1. The normalized spacial score (nSPS) is 11.2. The molecule has 1 aromatic rings. The van der Waals surface area contributed by atoms with Crippen molar-refractivity contribution in [1.29, 1.82) is 0 Å². The first-order valence-electron chi connectivity index (χ1n) is 3.54. The predicted molar refractivity (Wildman–Crippen MR) is 48.7 cm³/mol. The number of hydrogen-bond acceptors (Lipinski definition) is 4. The van der Waals surface area contributed by atoms with Crippen molar-refractivity contribution in [1.82, 2.24) is 15.2 Å². The lowest BCUT2D eigenvalue weighted by Crippen LogP contribution is -2.16. The number of nitrogens with zero attached hydrogens (tertiary/aromatic N) is 2. The molecular weight excluding hydrogens is 192 g/mol. The SMILES string of the molecule is C=CCS(=O)(=O)Nc1n[nH]c(C)n1. The standard InChI is InChI=1S/C6H10N4O2S/c1-3-4-13(11,12)10-6-7-5(2)8-9-6/h3H,1,4H2,2H3,(H2,7,8,9,10).